The van der Waals surface area contributed by atoms with Crippen LogP contribution in [0, 0.1) is 6.92 Å². The fraction of sp³-hybridized carbons (Fsp3) is 0.259. The van der Waals surface area contributed by atoms with E-state index in [4.69, 9.17) is 9.47 Å². The molecule has 1 fully saturated rings. The second-order valence-corrected chi connectivity index (χ2v) is 8.66. The summed E-state index contributed by atoms with van der Waals surface area (Å²) < 4.78 is 13.1. The molecule has 3 heterocycles. The highest BCUT2D eigenvalue weighted by Gasteiger charge is 2.30. The highest BCUT2D eigenvalue weighted by atomic mass is 16.5. The molecule has 1 amide bonds. The first-order chi connectivity index (χ1) is 17.1. The molecule has 0 saturated carbocycles. The van der Waals surface area contributed by atoms with E-state index < -0.39 is 0 Å². The number of imidazole rings is 1. The molecule has 4 aromatic rings. The molecule has 0 radical (unpaired) electrons. The zero-order valence-corrected chi connectivity index (χ0v) is 19.8. The van der Waals surface area contributed by atoms with Gasteiger partial charge in [0.1, 0.15) is 17.3 Å². The molecule has 0 unspecified atom stereocenters. The van der Waals surface area contributed by atoms with Gasteiger partial charge in [0, 0.05) is 55.3 Å². The van der Waals surface area contributed by atoms with Crippen molar-refractivity contribution in [2.24, 2.45) is 0 Å². The van der Waals surface area contributed by atoms with Crippen LogP contribution in [0.3, 0.4) is 0 Å². The Morgan fingerprint density at radius 3 is 2.69 bits per heavy atom. The SMILES string of the molecule is COc1ccc(Oc2cc(C)nc([C@H]3CCN(C(=O)c4cccc(Cn5ccnc5)c4)C3)n2)cc1. The molecule has 1 atom stereocenters. The summed E-state index contributed by atoms with van der Waals surface area (Å²) in [5.74, 6) is 2.73. The van der Waals surface area contributed by atoms with E-state index in [1.54, 1.807) is 19.6 Å². The van der Waals surface area contributed by atoms with Gasteiger partial charge in [-0.15, -0.1) is 0 Å². The first kappa shape index (κ1) is 22.6. The smallest absolute Gasteiger partial charge is 0.253 e. The van der Waals surface area contributed by atoms with Crippen molar-refractivity contribution < 1.29 is 14.3 Å². The summed E-state index contributed by atoms with van der Waals surface area (Å²) in [7, 11) is 1.63. The van der Waals surface area contributed by atoms with E-state index in [1.165, 1.54) is 0 Å². The lowest BCUT2D eigenvalue weighted by Crippen LogP contribution is -2.28. The van der Waals surface area contributed by atoms with Crippen molar-refractivity contribution in [3.63, 3.8) is 0 Å². The maximum atomic E-state index is 13.2. The van der Waals surface area contributed by atoms with Crippen molar-refractivity contribution in [1.29, 1.82) is 0 Å². The number of hydrogen-bond donors (Lipinski definition) is 0. The van der Waals surface area contributed by atoms with Gasteiger partial charge in [-0.3, -0.25) is 4.79 Å². The normalized spacial score (nSPS) is 15.3. The van der Waals surface area contributed by atoms with Gasteiger partial charge in [-0.2, -0.15) is 4.98 Å². The highest BCUT2D eigenvalue weighted by Crippen LogP contribution is 2.29. The third-order valence-corrected chi connectivity index (χ3v) is 6.07. The molecule has 2 aromatic carbocycles. The lowest BCUT2D eigenvalue weighted by atomic mass is 10.1. The second-order valence-electron chi connectivity index (χ2n) is 8.66. The van der Waals surface area contributed by atoms with Crippen LogP contribution < -0.4 is 9.47 Å². The van der Waals surface area contributed by atoms with Gasteiger partial charge in [-0.05, 0) is 55.3 Å². The van der Waals surface area contributed by atoms with Crippen molar-refractivity contribution in [1.82, 2.24) is 24.4 Å². The van der Waals surface area contributed by atoms with E-state index in [0.29, 0.717) is 42.7 Å². The molecule has 1 saturated heterocycles. The van der Waals surface area contributed by atoms with Crippen molar-refractivity contribution >= 4 is 5.91 Å². The van der Waals surface area contributed by atoms with Gasteiger partial charge < -0.3 is 18.9 Å². The zero-order valence-electron chi connectivity index (χ0n) is 19.8. The Hall–Kier alpha value is -4.20. The lowest BCUT2D eigenvalue weighted by Gasteiger charge is -2.17. The maximum Gasteiger partial charge on any atom is 0.253 e. The second kappa shape index (κ2) is 9.97. The van der Waals surface area contributed by atoms with Gasteiger partial charge in [-0.25, -0.2) is 9.97 Å². The first-order valence-electron chi connectivity index (χ1n) is 11.6. The Bertz CT molecular complexity index is 1300. The Balaban J connectivity index is 1.27. The number of likely N-dealkylation sites (tertiary alicyclic amines) is 1. The Kier molecular flexibility index (Phi) is 6.43. The molecule has 178 valence electrons. The Morgan fingerprint density at radius 1 is 1.09 bits per heavy atom. The number of nitrogens with zero attached hydrogens (tertiary/aromatic N) is 5. The summed E-state index contributed by atoms with van der Waals surface area (Å²) in [6.45, 7) is 3.85. The molecule has 5 rings (SSSR count). The summed E-state index contributed by atoms with van der Waals surface area (Å²) in [6, 6.07) is 17.0. The Morgan fingerprint density at radius 2 is 1.91 bits per heavy atom. The minimum absolute atomic E-state index is 0.0299. The van der Waals surface area contributed by atoms with Crippen LogP contribution in [0.2, 0.25) is 0 Å². The number of carbonyl (C=O) groups is 1. The van der Waals surface area contributed by atoms with E-state index in [-0.39, 0.29) is 11.8 Å². The molecule has 8 heteroatoms. The number of rotatable bonds is 7. The van der Waals surface area contributed by atoms with E-state index in [2.05, 4.69) is 15.0 Å². The largest absolute Gasteiger partial charge is 0.497 e. The Labute approximate surface area is 204 Å². The van der Waals surface area contributed by atoms with E-state index >= 15 is 0 Å². The average Bonchev–Trinajstić information content (AvgIpc) is 3.57. The van der Waals surface area contributed by atoms with Crippen LogP contribution in [0.5, 0.6) is 17.4 Å². The minimum Gasteiger partial charge on any atom is -0.497 e. The number of hydrogen-bond acceptors (Lipinski definition) is 6. The molecule has 0 aliphatic carbocycles. The van der Waals surface area contributed by atoms with Gasteiger partial charge in [0.25, 0.3) is 5.91 Å². The quantitative estimate of drug-likeness (QED) is 0.397. The molecule has 35 heavy (non-hydrogen) atoms. The van der Waals surface area contributed by atoms with E-state index in [1.807, 2.05) is 77.2 Å². The van der Waals surface area contributed by atoms with Crippen LogP contribution in [0.25, 0.3) is 0 Å². The van der Waals surface area contributed by atoms with Crippen LogP contribution in [-0.2, 0) is 6.54 Å². The average molecular weight is 470 g/mol. The molecule has 2 aromatic heterocycles. The lowest BCUT2D eigenvalue weighted by molar-refractivity contribution is 0.0790. The standard InChI is InChI=1S/C27H27N5O3/c1-19-14-25(35-24-8-6-23(34-2)7-9-24)30-26(29-19)22-10-12-32(17-22)27(33)21-5-3-4-20(15-21)16-31-13-11-28-18-31/h3-9,11,13-15,18,22H,10,12,16-17H2,1-2H3/t22-/m0/s1. The van der Waals surface area contributed by atoms with Crippen molar-refractivity contribution in [2.75, 3.05) is 20.2 Å². The maximum absolute atomic E-state index is 13.2. The molecule has 1 aliphatic rings. The van der Waals surface area contributed by atoms with E-state index in [0.717, 1.165) is 23.4 Å². The predicted octanol–water partition coefficient (Wildman–Crippen LogP) is 4.46. The minimum atomic E-state index is 0.0299. The topological polar surface area (TPSA) is 82.4 Å². The fourth-order valence-corrected chi connectivity index (χ4v) is 4.29. The van der Waals surface area contributed by atoms with Gasteiger partial charge in [-0.1, -0.05) is 12.1 Å². The third-order valence-electron chi connectivity index (χ3n) is 6.07. The number of methoxy groups -OCH3 is 1. The van der Waals surface area contributed by atoms with Crippen molar-refractivity contribution in [3.8, 4) is 17.4 Å². The molecule has 8 nitrogen and oxygen atoms in total. The summed E-state index contributed by atoms with van der Waals surface area (Å²) in [4.78, 5) is 28.5. The van der Waals surface area contributed by atoms with Gasteiger partial charge in [0.15, 0.2) is 0 Å². The molecule has 0 bridgehead atoms. The number of benzene rings is 2. The van der Waals surface area contributed by atoms with E-state index in [9.17, 15) is 4.79 Å². The van der Waals surface area contributed by atoms with Crippen molar-refractivity contribution in [2.45, 2.75) is 25.8 Å². The fourth-order valence-electron chi connectivity index (χ4n) is 4.29. The number of amides is 1. The summed E-state index contributed by atoms with van der Waals surface area (Å²) in [5, 5.41) is 0. The molecular weight excluding hydrogens is 442 g/mol. The summed E-state index contributed by atoms with van der Waals surface area (Å²) >= 11 is 0. The third kappa shape index (κ3) is 5.32. The number of aromatic nitrogens is 4. The molecule has 0 spiro atoms. The van der Waals surface area contributed by atoms with Gasteiger partial charge >= 0.3 is 0 Å². The zero-order chi connectivity index (χ0) is 24.2. The monoisotopic (exact) mass is 469 g/mol. The first-order valence-corrected chi connectivity index (χ1v) is 11.6. The van der Waals surface area contributed by atoms with Crippen LogP contribution >= 0.6 is 0 Å². The predicted molar refractivity (Wildman–Crippen MR) is 131 cm³/mol. The van der Waals surface area contributed by atoms with Crippen LogP contribution in [0.15, 0.2) is 73.3 Å². The molecule has 1 aliphatic heterocycles. The van der Waals surface area contributed by atoms with Crippen molar-refractivity contribution in [3.05, 3.63) is 96.0 Å². The molecule has 0 N–H and O–H groups in total. The van der Waals surface area contributed by atoms with Crippen LogP contribution in [-0.4, -0.2) is 50.5 Å². The van der Waals surface area contributed by atoms with Gasteiger partial charge in [0.05, 0.1) is 13.4 Å². The number of aryl methyl sites for hydroxylation is 1. The summed E-state index contributed by atoms with van der Waals surface area (Å²) in [6.07, 6.45) is 6.24. The highest BCUT2D eigenvalue weighted by molar-refractivity contribution is 5.94. The van der Waals surface area contributed by atoms with Gasteiger partial charge in [0.2, 0.25) is 5.88 Å². The number of ether oxygens (including phenoxy) is 2. The van der Waals surface area contributed by atoms with Crippen LogP contribution in [0.4, 0.5) is 0 Å². The summed E-state index contributed by atoms with van der Waals surface area (Å²) in [5.41, 5.74) is 2.58. The molecular formula is C27H27N5O3. The van der Waals surface area contributed by atoms with Crippen LogP contribution in [0.1, 0.15) is 39.8 Å². The number of carbonyl (C=O) groups excluding carboxylic acids is 1.